The maximum atomic E-state index is 12.5. The van der Waals surface area contributed by atoms with Gasteiger partial charge >= 0.3 is 6.18 Å². The molecule has 0 aromatic heterocycles. The fraction of sp³-hybridized carbons (Fsp3) is 0.900. The molecule has 0 amide bonds. The molecule has 0 aromatic carbocycles. The Morgan fingerprint density at radius 3 is 2.57 bits per heavy atom. The van der Waals surface area contributed by atoms with Crippen molar-refractivity contribution in [3.05, 3.63) is 0 Å². The molecule has 122 valence electrons. The molecule has 2 rings (SSSR count). The van der Waals surface area contributed by atoms with E-state index in [1.165, 1.54) is 0 Å². The van der Waals surface area contributed by atoms with E-state index in [-0.39, 0.29) is 18.3 Å². The van der Waals surface area contributed by atoms with E-state index < -0.39 is 42.1 Å². The van der Waals surface area contributed by atoms with Gasteiger partial charge < -0.3 is 30.5 Å². The predicted octanol–water partition coefficient (Wildman–Crippen LogP) is -1.59. The van der Waals surface area contributed by atoms with Gasteiger partial charge in [0.1, 0.15) is 29.8 Å². The summed E-state index contributed by atoms with van der Waals surface area (Å²) in [6.07, 6.45) is -13.4. The van der Waals surface area contributed by atoms with Crippen molar-refractivity contribution < 1.29 is 38.3 Å². The normalized spacial score (nSPS) is 37.9. The summed E-state index contributed by atoms with van der Waals surface area (Å²) >= 11 is 0.928. The number of thioether (sulfide) groups is 1. The lowest BCUT2D eigenvalue weighted by Crippen LogP contribution is -2.60. The van der Waals surface area contributed by atoms with Crippen LogP contribution in [0.3, 0.4) is 0 Å². The van der Waals surface area contributed by atoms with E-state index in [1.54, 1.807) is 0 Å². The number of ether oxygens (including phenoxy) is 1. The molecule has 11 heteroatoms. The molecule has 21 heavy (non-hydrogen) atoms. The van der Waals surface area contributed by atoms with Gasteiger partial charge in [-0.1, -0.05) is 11.8 Å². The van der Waals surface area contributed by atoms with Crippen molar-refractivity contribution in [3.63, 3.8) is 0 Å². The van der Waals surface area contributed by atoms with Gasteiger partial charge in [0.15, 0.2) is 11.3 Å². The second kappa shape index (κ2) is 6.26. The predicted molar refractivity (Wildman–Crippen MR) is 66.6 cm³/mol. The van der Waals surface area contributed by atoms with E-state index >= 15 is 0 Å². The van der Waals surface area contributed by atoms with Crippen LogP contribution in [0.2, 0.25) is 0 Å². The van der Waals surface area contributed by atoms with E-state index in [2.05, 4.69) is 10.3 Å². The molecule has 2 heterocycles. The van der Waals surface area contributed by atoms with Crippen LogP contribution in [0, 0.1) is 0 Å². The minimum absolute atomic E-state index is 0.170. The molecule has 0 bridgehead atoms. The number of nitrogens with one attached hydrogen (secondary N) is 1. The van der Waals surface area contributed by atoms with Crippen molar-refractivity contribution >= 4 is 16.9 Å². The highest BCUT2D eigenvalue weighted by Gasteiger charge is 2.55. The summed E-state index contributed by atoms with van der Waals surface area (Å²) in [5, 5.41) is 40.5. The molecule has 2 aliphatic heterocycles. The van der Waals surface area contributed by atoms with E-state index in [0.29, 0.717) is 0 Å². The van der Waals surface area contributed by atoms with Crippen LogP contribution >= 0.6 is 11.8 Å². The fourth-order valence-corrected chi connectivity index (χ4v) is 3.21. The first-order chi connectivity index (χ1) is 9.75. The molecule has 6 atom stereocenters. The van der Waals surface area contributed by atoms with Crippen LogP contribution in [0.15, 0.2) is 4.99 Å². The highest BCUT2D eigenvalue weighted by Crippen LogP contribution is 2.38. The van der Waals surface area contributed by atoms with Crippen LogP contribution in [-0.4, -0.2) is 80.8 Å². The van der Waals surface area contributed by atoms with Crippen LogP contribution in [0.4, 0.5) is 13.2 Å². The lowest BCUT2D eigenvalue weighted by molar-refractivity contribution is -0.271. The molecular formula is C10H15F3N2O5S. The number of aliphatic imine (C=N–C) groups is 1. The zero-order chi connectivity index (χ0) is 15.8. The topological polar surface area (TPSA) is 115 Å². The molecule has 2 aliphatic rings. The first-order valence-corrected chi connectivity index (χ1v) is 6.99. The van der Waals surface area contributed by atoms with Gasteiger partial charge in [-0.15, -0.1) is 0 Å². The van der Waals surface area contributed by atoms with Gasteiger partial charge in [-0.3, -0.25) is 4.99 Å². The van der Waals surface area contributed by atoms with Gasteiger partial charge in [-0.2, -0.15) is 13.2 Å². The number of rotatable bonds is 3. The quantitative estimate of drug-likeness (QED) is 0.423. The van der Waals surface area contributed by atoms with Crippen LogP contribution < -0.4 is 5.32 Å². The number of hydrogen-bond donors (Lipinski definition) is 5. The Kier molecular flexibility index (Phi) is 5.00. The van der Waals surface area contributed by atoms with Gasteiger partial charge in [-0.05, 0) is 0 Å². The lowest BCUT2D eigenvalue weighted by Gasteiger charge is -2.40. The second-order valence-corrected chi connectivity index (χ2v) is 5.72. The van der Waals surface area contributed by atoms with Gasteiger partial charge in [-0.25, -0.2) is 0 Å². The van der Waals surface area contributed by atoms with Crippen LogP contribution in [0.1, 0.15) is 0 Å². The summed E-state index contributed by atoms with van der Waals surface area (Å²) in [6.45, 7) is 0.00882. The number of hydrogen-bond acceptors (Lipinski definition) is 8. The molecule has 5 N–H and O–H groups in total. The van der Waals surface area contributed by atoms with Gasteiger partial charge in [0.05, 0.1) is 6.61 Å². The first kappa shape index (κ1) is 16.8. The molecule has 0 spiro atoms. The number of nitrogens with zero attached hydrogens (tertiary/aromatic N) is 1. The molecule has 5 unspecified atom stereocenters. The van der Waals surface area contributed by atoms with Crippen molar-refractivity contribution in [2.75, 3.05) is 13.2 Å². The Morgan fingerprint density at radius 1 is 1.33 bits per heavy atom. The number of fused-ring (bicyclic) bond motifs is 1. The Bertz CT molecular complexity index is 411. The zero-order valence-corrected chi connectivity index (χ0v) is 11.4. The largest absolute Gasteiger partial charge is 0.417 e. The van der Waals surface area contributed by atoms with E-state index in [1.807, 2.05) is 0 Å². The van der Waals surface area contributed by atoms with Crippen molar-refractivity contribution in [1.29, 1.82) is 0 Å². The molecule has 1 saturated heterocycles. The van der Waals surface area contributed by atoms with E-state index in [4.69, 9.17) is 9.84 Å². The minimum Gasteiger partial charge on any atom is -0.395 e. The van der Waals surface area contributed by atoms with Crippen LogP contribution in [-0.2, 0) is 4.74 Å². The maximum Gasteiger partial charge on any atom is 0.417 e. The van der Waals surface area contributed by atoms with Crippen LogP contribution in [0.5, 0.6) is 0 Å². The van der Waals surface area contributed by atoms with Crippen LogP contribution in [0.25, 0.3) is 0 Å². The number of amidine groups is 1. The zero-order valence-electron chi connectivity index (χ0n) is 10.6. The summed E-state index contributed by atoms with van der Waals surface area (Å²) in [5.41, 5.74) is -0.952. The molecule has 0 aromatic rings. The molecule has 7 nitrogen and oxygen atoms in total. The van der Waals surface area contributed by atoms with E-state index in [9.17, 15) is 28.5 Å². The van der Waals surface area contributed by atoms with Crippen molar-refractivity contribution in [3.8, 4) is 0 Å². The van der Waals surface area contributed by atoms with Gasteiger partial charge in [0, 0.05) is 6.54 Å². The van der Waals surface area contributed by atoms with Gasteiger partial charge in [0.2, 0.25) is 0 Å². The minimum atomic E-state index is -4.97. The third-order valence-corrected chi connectivity index (χ3v) is 4.23. The highest BCUT2D eigenvalue weighted by molar-refractivity contribution is 8.14. The average molecular weight is 332 g/mol. The number of alkyl halides is 3. The molecule has 0 aliphatic carbocycles. The maximum absolute atomic E-state index is 12.5. The number of aliphatic hydroxyl groups excluding tert-OH is 4. The van der Waals surface area contributed by atoms with Gasteiger partial charge in [0.25, 0.3) is 0 Å². The third-order valence-electron chi connectivity index (χ3n) is 3.14. The van der Waals surface area contributed by atoms with Crippen molar-refractivity contribution in [2.24, 2.45) is 4.99 Å². The molecule has 1 fully saturated rings. The Balaban J connectivity index is 2.08. The summed E-state index contributed by atoms with van der Waals surface area (Å²) in [7, 11) is 0. The summed E-state index contributed by atoms with van der Waals surface area (Å²) in [4.78, 5) is 3.99. The third kappa shape index (κ3) is 3.43. The summed E-state index contributed by atoms with van der Waals surface area (Å²) < 4.78 is 42.6. The SMILES string of the molecule is OCCNC1=NC2C(OC([C@@H](O)C(F)(F)F)C(O)C2O)S1. The monoisotopic (exact) mass is 332 g/mol. The standard InChI is InChI=1S/C10H15F3N2O5S/c11-10(12,13)7(19)6-5(18)4(17)3-8(20-6)21-9(15-3)14-1-2-16/h3-8,16-19H,1-2H2,(H,14,15)/t3?,4?,5?,6?,7-,8?/m1/s1. The number of aliphatic hydroxyl groups is 4. The smallest absolute Gasteiger partial charge is 0.395 e. The Morgan fingerprint density at radius 2 is 2.00 bits per heavy atom. The Labute approximate surface area is 121 Å². The summed E-state index contributed by atoms with van der Waals surface area (Å²) in [6, 6.07) is -0.942. The summed E-state index contributed by atoms with van der Waals surface area (Å²) in [5.74, 6) is 0. The Hall–Kier alpha value is -0.590. The van der Waals surface area contributed by atoms with Crippen molar-refractivity contribution in [2.45, 2.75) is 42.1 Å². The average Bonchev–Trinajstić information content (AvgIpc) is 2.82. The first-order valence-electron chi connectivity index (χ1n) is 6.11. The molecule has 0 radical (unpaired) electrons. The van der Waals surface area contributed by atoms with Crippen molar-refractivity contribution in [1.82, 2.24) is 5.32 Å². The molecular weight excluding hydrogens is 317 g/mol. The number of halogens is 3. The highest BCUT2D eigenvalue weighted by atomic mass is 32.2. The second-order valence-electron chi connectivity index (χ2n) is 4.63. The lowest BCUT2D eigenvalue weighted by atomic mass is 9.94. The fourth-order valence-electron chi connectivity index (χ4n) is 2.08. The van der Waals surface area contributed by atoms with E-state index in [0.717, 1.165) is 11.8 Å². The molecule has 0 saturated carbocycles.